The highest BCUT2D eigenvalue weighted by Crippen LogP contribution is 2.66. The third-order valence-corrected chi connectivity index (χ3v) is 13.8. The summed E-state index contributed by atoms with van der Waals surface area (Å²) in [5, 5.41) is 30.6. The molecule has 1 spiro atoms. The van der Waals surface area contributed by atoms with Crippen molar-refractivity contribution in [2.45, 2.75) is 76.0 Å². The molecule has 7 atom stereocenters. The Morgan fingerprint density at radius 1 is 0.889 bits per heavy atom. The number of methoxy groups -OCH3 is 1. The van der Waals surface area contributed by atoms with Gasteiger partial charge in [0.25, 0.3) is 0 Å². The van der Waals surface area contributed by atoms with Gasteiger partial charge in [0.05, 0.1) is 25.8 Å². The molecule has 22 heteroatoms. The zero-order valence-corrected chi connectivity index (χ0v) is 40.7. The van der Waals surface area contributed by atoms with Crippen LogP contribution in [0, 0.1) is 28.6 Å². The maximum atomic E-state index is 14.3. The Kier molecular flexibility index (Phi) is 16.4. The molecule has 1 aliphatic heterocycles. The summed E-state index contributed by atoms with van der Waals surface area (Å²) in [5.41, 5.74) is 13.5. The predicted octanol–water partition coefficient (Wildman–Crippen LogP) is 2.36. The fourth-order valence-electron chi connectivity index (χ4n) is 10.3. The largest absolute Gasteiger partial charge is 0.493 e. The first-order chi connectivity index (χ1) is 34.5. The van der Waals surface area contributed by atoms with Crippen LogP contribution in [-0.2, 0) is 35.8 Å². The van der Waals surface area contributed by atoms with Gasteiger partial charge in [-0.05, 0) is 123 Å². The Balaban J connectivity index is 1.03. The molecule has 72 heavy (non-hydrogen) atoms. The lowest BCUT2D eigenvalue weighted by atomic mass is 9.47. The van der Waals surface area contributed by atoms with Crippen molar-refractivity contribution >= 4 is 53.3 Å². The summed E-state index contributed by atoms with van der Waals surface area (Å²) in [5.74, 6) is -0.104. The van der Waals surface area contributed by atoms with Crippen LogP contribution in [0.4, 0.5) is 10.5 Å². The number of allylic oxidation sites excluding steroid dienone is 1. The molecule has 3 aromatic rings. The van der Waals surface area contributed by atoms with Crippen molar-refractivity contribution < 1.29 is 52.5 Å². The highest BCUT2D eigenvalue weighted by molar-refractivity contribution is 5.93. The summed E-state index contributed by atoms with van der Waals surface area (Å²) in [4.78, 5) is 80.4. The summed E-state index contributed by atoms with van der Waals surface area (Å²) in [6.07, 6.45) is 4.21. The maximum absolute atomic E-state index is 14.3. The van der Waals surface area contributed by atoms with Gasteiger partial charge >= 0.3 is 12.1 Å². The maximum Gasteiger partial charge on any atom is 0.415 e. The van der Waals surface area contributed by atoms with Crippen LogP contribution in [0.15, 0.2) is 72.5 Å². The molecule has 2 bridgehead atoms. The number of nitrogens with one attached hydrogen (secondary N) is 8. The Hall–Kier alpha value is -8.04. The number of amides is 5. The van der Waals surface area contributed by atoms with Gasteiger partial charge < -0.3 is 67.1 Å². The number of carbonyl (C=O) groups excluding carboxylic acids is 6. The van der Waals surface area contributed by atoms with Crippen LogP contribution in [-0.4, -0.2) is 118 Å². The van der Waals surface area contributed by atoms with Crippen molar-refractivity contribution in [3.8, 4) is 23.0 Å². The van der Waals surface area contributed by atoms with E-state index in [1.165, 1.54) is 31.7 Å². The number of guanidine groups is 2. The minimum atomic E-state index is -1.35. The SMILES string of the molecule is COc1ccc2c3c1O[C@H]1C(OC(=O)N(C)[C@@H](CNC(=O)[C@@H](CCCNC(=N)N)NC(=O)CNC(C)=O)C(=O)NCCOc4ccc(C(=O)Oc5ccc(NC(=N)N)cc5)cc4)=CC[C@H]4[C@@H](C2)C(C)CC[C@]314. The lowest BCUT2D eigenvalue weighted by Gasteiger charge is -2.55. The number of rotatable bonds is 21. The average Bonchev–Trinajstić information content (AvgIpc) is 3.71. The van der Waals surface area contributed by atoms with E-state index in [1.807, 2.05) is 12.1 Å². The molecule has 0 aromatic heterocycles. The van der Waals surface area contributed by atoms with Gasteiger partial charge in [-0.3, -0.25) is 34.9 Å². The number of likely N-dealkylation sites (N-methyl/N-ethyl adjacent to an activating group) is 1. The zero-order valence-electron chi connectivity index (χ0n) is 40.7. The van der Waals surface area contributed by atoms with Gasteiger partial charge in [-0.2, -0.15) is 0 Å². The number of esters is 1. The van der Waals surface area contributed by atoms with E-state index in [9.17, 15) is 28.8 Å². The lowest BCUT2D eigenvalue weighted by Crippen LogP contribution is -2.58. The van der Waals surface area contributed by atoms with Gasteiger partial charge in [0, 0.05) is 43.7 Å². The second kappa shape index (κ2) is 22.8. The van der Waals surface area contributed by atoms with Crippen LogP contribution >= 0.6 is 0 Å². The van der Waals surface area contributed by atoms with Gasteiger partial charge in [0.2, 0.25) is 23.6 Å². The number of anilines is 1. The van der Waals surface area contributed by atoms with Gasteiger partial charge in [-0.1, -0.05) is 13.0 Å². The first-order valence-electron chi connectivity index (χ1n) is 23.8. The smallest absolute Gasteiger partial charge is 0.415 e. The Morgan fingerprint density at radius 3 is 2.32 bits per heavy atom. The molecule has 5 amide bonds. The minimum absolute atomic E-state index is 0.0269. The van der Waals surface area contributed by atoms with Crippen LogP contribution in [0.25, 0.3) is 0 Å². The van der Waals surface area contributed by atoms with Crippen LogP contribution in [0.5, 0.6) is 23.0 Å². The second-order valence-electron chi connectivity index (χ2n) is 18.4. The average molecular weight is 994 g/mol. The van der Waals surface area contributed by atoms with Crippen LogP contribution in [0.1, 0.15) is 67.4 Å². The molecule has 1 heterocycles. The molecular formula is C50H63N11O11. The Labute approximate surface area is 416 Å². The van der Waals surface area contributed by atoms with Crippen molar-refractivity contribution in [2.24, 2.45) is 29.2 Å². The third kappa shape index (κ3) is 11.8. The molecule has 1 fully saturated rings. The Morgan fingerprint density at radius 2 is 1.62 bits per heavy atom. The number of nitrogens with zero attached hydrogens (tertiary/aromatic N) is 1. The summed E-state index contributed by atoms with van der Waals surface area (Å²) < 4.78 is 30.0. The summed E-state index contributed by atoms with van der Waals surface area (Å²) in [6, 6.07) is 14.0. The van der Waals surface area contributed by atoms with Gasteiger partial charge in [0.1, 0.15) is 35.9 Å². The van der Waals surface area contributed by atoms with Crippen LogP contribution in [0.3, 0.4) is 0 Å². The lowest BCUT2D eigenvalue weighted by molar-refractivity contribution is -0.130. The summed E-state index contributed by atoms with van der Waals surface area (Å²) >= 11 is 0. The van der Waals surface area contributed by atoms with E-state index in [4.69, 9.17) is 46.0 Å². The van der Waals surface area contributed by atoms with Gasteiger partial charge in [0.15, 0.2) is 29.5 Å². The second-order valence-corrected chi connectivity index (χ2v) is 18.4. The number of hydrogen-bond donors (Lipinski definition) is 10. The normalized spacial score (nSPS) is 20.5. The fraction of sp³-hybridized carbons (Fsp3) is 0.440. The molecule has 3 aromatic carbocycles. The van der Waals surface area contributed by atoms with E-state index < -0.39 is 65.8 Å². The Bertz CT molecular complexity index is 2590. The molecule has 22 nitrogen and oxygen atoms in total. The third-order valence-electron chi connectivity index (χ3n) is 13.8. The highest BCUT2D eigenvalue weighted by Gasteiger charge is 2.65. The molecule has 3 aliphatic carbocycles. The van der Waals surface area contributed by atoms with E-state index in [0.29, 0.717) is 53.4 Å². The summed E-state index contributed by atoms with van der Waals surface area (Å²) in [6.45, 7) is 2.91. The first kappa shape index (κ1) is 51.8. The van der Waals surface area contributed by atoms with Crippen molar-refractivity contribution in [3.05, 3.63) is 89.2 Å². The number of benzene rings is 3. The molecule has 4 aliphatic rings. The van der Waals surface area contributed by atoms with Gasteiger partial charge in [-0.25, -0.2) is 9.59 Å². The van der Waals surface area contributed by atoms with Crippen molar-refractivity contribution in [1.29, 1.82) is 10.8 Å². The monoisotopic (exact) mass is 993 g/mol. The van der Waals surface area contributed by atoms with Crippen LogP contribution < -0.4 is 62.3 Å². The van der Waals surface area contributed by atoms with Crippen molar-refractivity contribution in [2.75, 3.05) is 52.3 Å². The molecule has 384 valence electrons. The van der Waals surface area contributed by atoms with E-state index in [2.05, 4.69) is 44.9 Å². The number of nitrogens with two attached hydrogens (primary N) is 2. The predicted molar refractivity (Wildman–Crippen MR) is 264 cm³/mol. The van der Waals surface area contributed by atoms with E-state index in [1.54, 1.807) is 43.5 Å². The minimum Gasteiger partial charge on any atom is -0.493 e. The fourth-order valence-corrected chi connectivity index (χ4v) is 10.3. The van der Waals surface area contributed by atoms with Crippen LogP contribution in [0.2, 0.25) is 0 Å². The first-order valence-corrected chi connectivity index (χ1v) is 23.8. The molecule has 12 N–H and O–H groups in total. The number of hydrogen-bond acceptors (Lipinski definition) is 13. The van der Waals surface area contributed by atoms with E-state index in [-0.39, 0.29) is 61.8 Å². The van der Waals surface area contributed by atoms with Gasteiger partial charge in [-0.15, -0.1) is 0 Å². The van der Waals surface area contributed by atoms with E-state index >= 15 is 0 Å². The molecule has 1 saturated carbocycles. The standard InChI is InChI=1S/C50H63N11O11/c1-27-19-20-50-35-16-18-39(43(50)72-42-38(68-4)17-9-30(41(42)50)24-34(27)35)71-49(67)61(3)37(25-58-44(64)36(6-5-21-56-47(51)52)60-40(63)26-57-28(2)62)45(65)55-22-23-69-32-12-7-29(8-13-32)46(66)70-33-14-10-31(11-15-33)59-48(53)54/h7-15,17-18,27,34-37,43H,5-6,16,19-26H2,1-4H3,(H,55,65)(H,57,62)(H,58,64)(H,60,63)(H4,51,52,56)(H4,53,54,59)/t27?,34-,35-,36+,37-,43-,50-/m0/s1. The number of ether oxygens (including phenoxy) is 5. The van der Waals surface area contributed by atoms with Crippen molar-refractivity contribution in [3.63, 3.8) is 0 Å². The van der Waals surface area contributed by atoms with E-state index in [0.717, 1.165) is 29.7 Å². The molecular weight excluding hydrogens is 931 g/mol. The topological polar surface area (TPSA) is 324 Å². The van der Waals surface area contributed by atoms with Crippen molar-refractivity contribution in [1.82, 2.24) is 31.5 Å². The molecule has 1 unspecified atom stereocenters. The number of carbonyl (C=O) groups is 6. The zero-order chi connectivity index (χ0) is 51.7. The molecule has 0 saturated heterocycles. The highest BCUT2D eigenvalue weighted by atomic mass is 16.6. The molecule has 0 radical (unpaired) electrons. The molecule has 7 rings (SSSR count). The quantitative estimate of drug-likeness (QED) is 0.0241. The summed E-state index contributed by atoms with van der Waals surface area (Å²) in [7, 11) is 2.99.